The highest BCUT2D eigenvalue weighted by molar-refractivity contribution is 5.82. The summed E-state index contributed by atoms with van der Waals surface area (Å²) in [5, 5.41) is 6.49. The fourth-order valence-electron chi connectivity index (χ4n) is 3.08. The van der Waals surface area contributed by atoms with Crippen LogP contribution in [-0.2, 0) is 24.2 Å². The number of rotatable bonds is 5. The Kier molecular flexibility index (Phi) is 5.09. The van der Waals surface area contributed by atoms with E-state index < -0.39 is 0 Å². The molecule has 0 spiro atoms. The zero-order valence-electron chi connectivity index (χ0n) is 13.6. The molecule has 120 valence electrons. The van der Waals surface area contributed by atoms with Crippen molar-refractivity contribution < 1.29 is 4.79 Å². The van der Waals surface area contributed by atoms with E-state index in [1.54, 1.807) is 0 Å². The first-order valence-corrected chi connectivity index (χ1v) is 8.37. The first-order valence-electron chi connectivity index (χ1n) is 8.37. The lowest BCUT2D eigenvalue weighted by Gasteiger charge is -2.26. The minimum atomic E-state index is -0.121. The number of carbonyl (C=O) groups is 1. The van der Waals surface area contributed by atoms with Gasteiger partial charge >= 0.3 is 0 Å². The molecule has 3 nitrogen and oxygen atoms in total. The predicted molar refractivity (Wildman–Crippen MR) is 93.1 cm³/mol. The minimum Gasteiger partial charge on any atom is -0.352 e. The van der Waals surface area contributed by atoms with E-state index in [1.807, 2.05) is 18.2 Å². The summed E-state index contributed by atoms with van der Waals surface area (Å²) in [4.78, 5) is 12.5. The molecule has 0 saturated heterocycles. The molecule has 2 aromatic rings. The number of hydrogen-bond donors (Lipinski definition) is 2. The maximum absolute atomic E-state index is 12.5. The molecule has 0 aliphatic carbocycles. The minimum absolute atomic E-state index is 0.111. The standard InChI is InChI=1S/C20H24N2O/c1-15(11-12-16-7-3-2-4-8-16)22-20(23)19-13-17-9-5-6-10-18(17)14-21-19/h2-10,15,19,21H,11-14H2,1H3,(H,22,23)/t15-,19-/m0/s1. The summed E-state index contributed by atoms with van der Waals surface area (Å²) in [6.45, 7) is 2.85. The third kappa shape index (κ3) is 4.20. The van der Waals surface area contributed by atoms with Gasteiger partial charge in [-0.1, -0.05) is 54.6 Å². The molecule has 1 aliphatic heterocycles. The quantitative estimate of drug-likeness (QED) is 0.892. The van der Waals surface area contributed by atoms with Crippen molar-refractivity contribution in [1.29, 1.82) is 0 Å². The first-order chi connectivity index (χ1) is 11.2. The van der Waals surface area contributed by atoms with Crippen LogP contribution >= 0.6 is 0 Å². The Hall–Kier alpha value is -2.13. The normalized spacial score (nSPS) is 18.0. The van der Waals surface area contributed by atoms with E-state index in [0.717, 1.165) is 25.8 Å². The Bertz CT molecular complexity index is 654. The Balaban J connectivity index is 1.49. The number of benzene rings is 2. The maximum atomic E-state index is 12.5. The summed E-state index contributed by atoms with van der Waals surface area (Å²) in [6, 6.07) is 18.8. The van der Waals surface area contributed by atoms with E-state index in [1.165, 1.54) is 16.7 Å². The van der Waals surface area contributed by atoms with Crippen molar-refractivity contribution in [2.24, 2.45) is 0 Å². The Labute approximate surface area is 138 Å². The molecule has 1 heterocycles. The largest absolute Gasteiger partial charge is 0.352 e. The van der Waals surface area contributed by atoms with Crippen LogP contribution in [0.4, 0.5) is 0 Å². The maximum Gasteiger partial charge on any atom is 0.237 e. The molecule has 1 aliphatic rings. The van der Waals surface area contributed by atoms with Crippen molar-refractivity contribution in [2.45, 2.75) is 44.8 Å². The zero-order chi connectivity index (χ0) is 16.1. The fourth-order valence-corrected chi connectivity index (χ4v) is 3.08. The molecule has 0 bridgehead atoms. The van der Waals surface area contributed by atoms with Gasteiger partial charge in [0.2, 0.25) is 5.91 Å². The van der Waals surface area contributed by atoms with Gasteiger partial charge in [-0.15, -0.1) is 0 Å². The second kappa shape index (κ2) is 7.42. The number of aryl methyl sites for hydroxylation is 1. The van der Waals surface area contributed by atoms with Crippen LogP contribution < -0.4 is 10.6 Å². The third-order valence-corrected chi connectivity index (χ3v) is 4.50. The third-order valence-electron chi connectivity index (χ3n) is 4.50. The molecule has 3 heteroatoms. The van der Waals surface area contributed by atoms with Crippen LogP contribution in [-0.4, -0.2) is 18.0 Å². The summed E-state index contributed by atoms with van der Waals surface area (Å²) in [6.07, 6.45) is 2.72. The molecule has 0 fully saturated rings. The van der Waals surface area contributed by atoms with E-state index in [4.69, 9.17) is 0 Å². The van der Waals surface area contributed by atoms with Gasteiger partial charge in [0.05, 0.1) is 6.04 Å². The van der Waals surface area contributed by atoms with E-state index in [9.17, 15) is 4.79 Å². The van der Waals surface area contributed by atoms with Crippen molar-refractivity contribution in [3.05, 3.63) is 71.3 Å². The lowest BCUT2D eigenvalue weighted by molar-refractivity contribution is -0.124. The second-order valence-corrected chi connectivity index (χ2v) is 6.34. The van der Waals surface area contributed by atoms with Gasteiger partial charge in [-0.05, 0) is 42.9 Å². The molecule has 0 aromatic heterocycles. The summed E-state index contributed by atoms with van der Waals surface area (Å²) in [7, 11) is 0. The molecule has 2 aromatic carbocycles. The zero-order valence-corrected chi connectivity index (χ0v) is 13.6. The number of fused-ring (bicyclic) bond motifs is 1. The van der Waals surface area contributed by atoms with Gasteiger partial charge in [-0.3, -0.25) is 4.79 Å². The second-order valence-electron chi connectivity index (χ2n) is 6.34. The van der Waals surface area contributed by atoms with Crippen LogP contribution in [0.15, 0.2) is 54.6 Å². The first kappa shape index (κ1) is 15.8. The molecule has 1 amide bonds. The SMILES string of the molecule is C[C@@H](CCc1ccccc1)NC(=O)[C@@H]1Cc2ccccc2CN1. The highest BCUT2D eigenvalue weighted by Gasteiger charge is 2.24. The lowest BCUT2D eigenvalue weighted by Crippen LogP contribution is -2.49. The van der Waals surface area contributed by atoms with E-state index in [2.05, 4.69) is 54.0 Å². The molecular weight excluding hydrogens is 284 g/mol. The van der Waals surface area contributed by atoms with Gasteiger partial charge in [-0.25, -0.2) is 0 Å². The monoisotopic (exact) mass is 308 g/mol. The van der Waals surface area contributed by atoms with Gasteiger partial charge in [0.1, 0.15) is 0 Å². The topological polar surface area (TPSA) is 41.1 Å². The van der Waals surface area contributed by atoms with Gasteiger partial charge in [0, 0.05) is 12.6 Å². The predicted octanol–water partition coefficient (Wildman–Crippen LogP) is 2.84. The van der Waals surface area contributed by atoms with Crippen LogP contribution in [0.3, 0.4) is 0 Å². The highest BCUT2D eigenvalue weighted by Crippen LogP contribution is 2.16. The molecule has 2 atom stereocenters. The highest BCUT2D eigenvalue weighted by atomic mass is 16.2. The number of hydrogen-bond acceptors (Lipinski definition) is 2. The molecule has 0 unspecified atom stereocenters. The summed E-state index contributed by atoms with van der Waals surface area (Å²) in [5.74, 6) is 0.111. The van der Waals surface area contributed by atoms with Crippen molar-refractivity contribution in [3.8, 4) is 0 Å². The van der Waals surface area contributed by atoms with Crippen molar-refractivity contribution in [1.82, 2.24) is 10.6 Å². The van der Waals surface area contributed by atoms with Gasteiger partial charge in [-0.2, -0.15) is 0 Å². The van der Waals surface area contributed by atoms with Gasteiger partial charge in [0.25, 0.3) is 0 Å². The van der Waals surface area contributed by atoms with Crippen LogP contribution in [0.25, 0.3) is 0 Å². The Morgan fingerprint density at radius 2 is 1.83 bits per heavy atom. The molecule has 2 N–H and O–H groups in total. The van der Waals surface area contributed by atoms with E-state index in [-0.39, 0.29) is 18.0 Å². The van der Waals surface area contributed by atoms with Crippen LogP contribution in [0.2, 0.25) is 0 Å². The molecular formula is C20H24N2O. The van der Waals surface area contributed by atoms with Crippen molar-refractivity contribution in [3.63, 3.8) is 0 Å². The average molecular weight is 308 g/mol. The fraction of sp³-hybridized carbons (Fsp3) is 0.350. The average Bonchev–Trinajstić information content (AvgIpc) is 2.60. The van der Waals surface area contributed by atoms with E-state index >= 15 is 0 Å². The van der Waals surface area contributed by atoms with Crippen molar-refractivity contribution in [2.75, 3.05) is 0 Å². The van der Waals surface area contributed by atoms with E-state index in [0.29, 0.717) is 0 Å². The van der Waals surface area contributed by atoms with Gasteiger partial charge < -0.3 is 10.6 Å². The number of amides is 1. The number of carbonyl (C=O) groups excluding carboxylic acids is 1. The Morgan fingerprint density at radius 3 is 2.61 bits per heavy atom. The summed E-state index contributed by atoms with van der Waals surface area (Å²) in [5.41, 5.74) is 3.90. The molecule has 23 heavy (non-hydrogen) atoms. The van der Waals surface area contributed by atoms with Crippen LogP contribution in [0, 0.1) is 0 Å². The molecule has 0 radical (unpaired) electrons. The smallest absolute Gasteiger partial charge is 0.237 e. The summed E-state index contributed by atoms with van der Waals surface area (Å²) < 4.78 is 0. The van der Waals surface area contributed by atoms with Crippen molar-refractivity contribution >= 4 is 5.91 Å². The Morgan fingerprint density at radius 1 is 1.13 bits per heavy atom. The lowest BCUT2D eigenvalue weighted by atomic mass is 9.95. The van der Waals surface area contributed by atoms with Crippen LogP contribution in [0.1, 0.15) is 30.0 Å². The number of nitrogens with one attached hydrogen (secondary N) is 2. The van der Waals surface area contributed by atoms with Gasteiger partial charge in [0.15, 0.2) is 0 Å². The molecule has 0 saturated carbocycles. The molecule has 3 rings (SSSR count). The van der Waals surface area contributed by atoms with Crippen LogP contribution in [0.5, 0.6) is 0 Å². The summed E-state index contributed by atoms with van der Waals surface area (Å²) >= 11 is 0.